The van der Waals surface area contributed by atoms with Gasteiger partial charge in [0.15, 0.2) is 0 Å². The van der Waals surface area contributed by atoms with E-state index in [1.165, 1.54) is 6.92 Å². The van der Waals surface area contributed by atoms with Crippen molar-refractivity contribution in [2.24, 2.45) is 5.41 Å². The molecule has 1 rings (SSSR count). The summed E-state index contributed by atoms with van der Waals surface area (Å²) in [5, 5.41) is 0. The molecule has 0 saturated carbocycles. The summed E-state index contributed by atoms with van der Waals surface area (Å²) in [6, 6.07) is 0. The molecule has 5 heteroatoms. The molecule has 0 amide bonds. The molecule has 0 radical (unpaired) electrons. The molecule has 1 aliphatic heterocycles. The number of Topliss-reactive ketones (excluding diaryl/α,β-unsaturated/α-hetero) is 1. The standard InChI is InChI=1S/C20H37NO4.CH4/c1-9-20(10-2,15(3)22)17(23)25-12-11-21-18(4,5)13-16(24-8)14-19(21,6)7;/h16H,9-14H2,1-8H3;1H4. The fourth-order valence-electron chi connectivity index (χ4n) is 4.55. The van der Waals surface area contributed by atoms with Crippen molar-refractivity contribution in [2.75, 3.05) is 20.3 Å². The Bertz CT molecular complexity index is 462. The lowest BCUT2D eigenvalue weighted by Gasteiger charge is -2.55. The van der Waals surface area contributed by atoms with Gasteiger partial charge in [0.05, 0.1) is 6.10 Å². The van der Waals surface area contributed by atoms with Gasteiger partial charge in [0.25, 0.3) is 0 Å². The number of esters is 1. The number of ketones is 1. The van der Waals surface area contributed by atoms with Gasteiger partial charge in [-0.3, -0.25) is 14.5 Å². The fourth-order valence-corrected chi connectivity index (χ4v) is 4.55. The van der Waals surface area contributed by atoms with Gasteiger partial charge < -0.3 is 9.47 Å². The number of hydrogen-bond donors (Lipinski definition) is 0. The lowest BCUT2D eigenvalue weighted by atomic mass is 9.78. The summed E-state index contributed by atoms with van der Waals surface area (Å²) in [5.41, 5.74) is -1.07. The first-order valence-electron chi connectivity index (χ1n) is 9.45. The maximum absolute atomic E-state index is 12.5. The Morgan fingerprint density at radius 3 is 1.88 bits per heavy atom. The summed E-state index contributed by atoms with van der Waals surface area (Å²) in [7, 11) is 1.77. The first kappa shape index (κ1) is 25.1. The maximum atomic E-state index is 12.5. The van der Waals surface area contributed by atoms with E-state index in [0.717, 1.165) is 12.8 Å². The summed E-state index contributed by atoms with van der Waals surface area (Å²) in [6.45, 7) is 15.0. The topological polar surface area (TPSA) is 55.8 Å². The molecular weight excluding hydrogens is 330 g/mol. The number of ether oxygens (including phenoxy) is 2. The van der Waals surface area contributed by atoms with Gasteiger partial charge in [-0.2, -0.15) is 0 Å². The molecule has 154 valence electrons. The zero-order valence-corrected chi connectivity index (χ0v) is 17.4. The molecule has 26 heavy (non-hydrogen) atoms. The molecular formula is C21H41NO4. The van der Waals surface area contributed by atoms with E-state index in [1.54, 1.807) is 7.11 Å². The Balaban J connectivity index is 0.00000625. The molecule has 1 heterocycles. The van der Waals surface area contributed by atoms with Crippen LogP contribution in [0.3, 0.4) is 0 Å². The number of methoxy groups -OCH3 is 1. The van der Waals surface area contributed by atoms with Crippen molar-refractivity contribution in [3.05, 3.63) is 0 Å². The fraction of sp³-hybridized carbons (Fsp3) is 0.905. The van der Waals surface area contributed by atoms with E-state index >= 15 is 0 Å². The minimum absolute atomic E-state index is 0. The predicted molar refractivity (Wildman–Crippen MR) is 106 cm³/mol. The highest BCUT2D eigenvalue weighted by atomic mass is 16.5. The van der Waals surface area contributed by atoms with Crippen molar-refractivity contribution in [3.8, 4) is 0 Å². The Hall–Kier alpha value is -0.940. The van der Waals surface area contributed by atoms with Crippen LogP contribution in [-0.4, -0.2) is 54.1 Å². The maximum Gasteiger partial charge on any atom is 0.319 e. The van der Waals surface area contributed by atoms with Crippen LogP contribution in [0, 0.1) is 5.41 Å². The third-order valence-corrected chi connectivity index (χ3v) is 6.07. The minimum Gasteiger partial charge on any atom is -0.464 e. The lowest BCUT2D eigenvalue weighted by molar-refractivity contribution is -0.163. The van der Waals surface area contributed by atoms with E-state index in [1.807, 2.05) is 13.8 Å². The van der Waals surface area contributed by atoms with Crippen LogP contribution in [0.5, 0.6) is 0 Å². The summed E-state index contributed by atoms with van der Waals surface area (Å²) in [5.74, 6) is -0.489. The molecule has 5 nitrogen and oxygen atoms in total. The molecule has 0 spiro atoms. The number of likely N-dealkylation sites (tertiary alicyclic amines) is 1. The van der Waals surface area contributed by atoms with Crippen LogP contribution in [0.2, 0.25) is 0 Å². The van der Waals surface area contributed by atoms with E-state index in [9.17, 15) is 9.59 Å². The van der Waals surface area contributed by atoms with Gasteiger partial charge in [-0.05, 0) is 60.3 Å². The van der Waals surface area contributed by atoms with Gasteiger partial charge in [-0.25, -0.2) is 0 Å². The Labute approximate surface area is 160 Å². The molecule has 1 fully saturated rings. The molecule has 1 saturated heterocycles. The smallest absolute Gasteiger partial charge is 0.319 e. The molecule has 0 N–H and O–H groups in total. The zero-order valence-electron chi connectivity index (χ0n) is 17.4. The molecule has 1 aliphatic rings. The summed E-state index contributed by atoms with van der Waals surface area (Å²) in [6.07, 6.45) is 3.10. The van der Waals surface area contributed by atoms with Gasteiger partial charge in [-0.1, -0.05) is 21.3 Å². The summed E-state index contributed by atoms with van der Waals surface area (Å²) in [4.78, 5) is 26.9. The second kappa shape index (κ2) is 9.32. The number of carbonyl (C=O) groups is 2. The van der Waals surface area contributed by atoms with E-state index in [-0.39, 0.29) is 36.4 Å². The average molecular weight is 372 g/mol. The first-order chi connectivity index (χ1) is 11.5. The number of piperidine rings is 1. The van der Waals surface area contributed by atoms with Crippen LogP contribution in [0.4, 0.5) is 0 Å². The number of hydrogen-bond acceptors (Lipinski definition) is 5. The van der Waals surface area contributed by atoms with Gasteiger partial charge in [0.2, 0.25) is 0 Å². The van der Waals surface area contributed by atoms with Gasteiger partial charge in [0, 0.05) is 24.7 Å². The Morgan fingerprint density at radius 2 is 1.54 bits per heavy atom. The van der Waals surface area contributed by atoms with Crippen molar-refractivity contribution < 1.29 is 19.1 Å². The average Bonchev–Trinajstić information content (AvgIpc) is 2.50. The van der Waals surface area contributed by atoms with Crippen LogP contribution in [-0.2, 0) is 19.1 Å². The largest absolute Gasteiger partial charge is 0.464 e. The minimum atomic E-state index is -0.992. The van der Waals surface area contributed by atoms with Crippen LogP contribution in [0.25, 0.3) is 0 Å². The molecule has 0 atom stereocenters. The van der Waals surface area contributed by atoms with Gasteiger partial charge >= 0.3 is 5.97 Å². The molecule has 0 aromatic heterocycles. The molecule has 0 unspecified atom stereocenters. The SMILES string of the molecule is C.CCC(CC)(C(C)=O)C(=O)OCCN1C(C)(C)CC(OC)CC1(C)C. The van der Waals surface area contributed by atoms with Crippen molar-refractivity contribution in [1.29, 1.82) is 0 Å². The lowest BCUT2D eigenvalue weighted by Crippen LogP contribution is -2.62. The second-order valence-electron chi connectivity index (χ2n) is 8.52. The Morgan fingerprint density at radius 1 is 1.08 bits per heavy atom. The summed E-state index contributed by atoms with van der Waals surface area (Å²) >= 11 is 0. The molecule has 0 aromatic rings. The van der Waals surface area contributed by atoms with Crippen molar-refractivity contribution in [2.45, 2.75) is 98.8 Å². The highest BCUT2D eigenvalue weighted by Crippen LogP contribution is 2.39. The Kier molecular flexibility index (Phi) is 8.98. The number of nitrogens with zero attached hydrogens (tertiary/aromatic N) is 1. The van der Waals surface area contributed by atoms with Crippen LogP contribution in [0.15, 0.2) is 0 Å². The number of rotatable bonds is 8. The highest BCUT2D eigenvalue weighted by Gasteiger charge is 2.46. The predicted octanol–water partition coefficient (Wildman–Crippen LogP) is 4.23. The monoisotopic (exact) mass is 371 g/mol. The van der Waals surface area contributed by atoms with Crippen molar-refractivity contribution in [1.82, 2.24) is 4.90 Å². The molecule has 0 aromatic carbocycles. The first-order valence-corrected chi connectivity index (χ1v) is 9.45. The van der Waals surface area contributed by atoms with Crippen LogP contribution < -0.4 is 0 Å². The normalized spacial score (nSPS) is 20.3. The van der Waals surface area contributed by atoms with E-state index in [0.29, 0.717) is 26.0 Å². The van der Waals surface area contributed by atoms with Crippen molar-refractivity contribution >= 4 is 11.8 Å². The third-order valence-electron chi connectivity index (χ3n) is 6.07. The highest BCUT2D eigenvalue weighted by molar-refractivity contribution is 6.02. The molecule has 0 bridgehead atoms. The quantitative estimate of drug-likeness (QED) is 0.472. The summed E-state index contributed by atoms with van der Waals surface area (Å²) < 4.78 is 11.2. The van der Waals surface area contributed by atoms with E-state index in [2.05, 4.69) is 32.6 Å². The third kappa shape index (κ3) is 5.07. The molecule has 0 aliphatic carbocycles. The van der Waals surface area contributed by atoms with Gasteiger partial charge in [0.1, 0.15) is 17.8 Å². The zero-order chi connectivity index (χ0) is 19.5. The second-order valence-corrected chi connectivity index (χ2v) is 8.52. The van der Waals surface area contributed by atoms with Crippen molar-refractivity contribution in [3.63, 3.8) is 0 Å². The van der Waals surface area contributed by atoms with Crippen LogP contribution >= 0.6 is 0 Å². The van der Waals surface area contributed by atoms with Gasteiger partial charge in [-0.15, -0.1) is 0 Å². The van der Waals surface area contributed by atoms with E-state index in [4.69, 9.17) is 9.47 Å². The van der Waals surface area contributed by atoms with Crippen LogP contribution in [0.1, 0.15) is 81.6 Å². The number of carbonyl (C=O) groups excluding carboxylic acids is 2. The van der Waals surface area contributed by atoms with E-state index < -0.39 is 5.41 Å².